The maximum Gasteiger partial charge on any atom is 0.150 e. The van der Waals surface area contributed by atoms with Crippen molar-refractivity contribution < 1.29 is 0 Å². The molecule has 4 rings (SSSR count). The topological polar surface area (TPSA) is 55.0 Å². The number of hydrogen-bond acceptors (Lipinski definition) is 5. The molecule has 0 aliphatic carbocycles. The lowest BCUT2D eigenvalue weighted by atomic mass is 9.86. The Balaban J connectivity index is 1.47. The van der Waals surface area contributed by atoms with Gasteiger partial charge in [-0.05, 0) is 47.9 Å². The minimum Gasteiger partial charge on any atom is -0.355 e. The largest absolute Gasteiger partial charge is 0.355 e. The second-order valence-corrected chi connectivity index (χ2v) is 7.59. The van der Waals surface area contributed by atoms with Crippen molar-refractivity contribution in [2.45, 2.75) is 18.9 Å². The van der Waals surface area contributed by atoms with Crippen molar-refractivity contribution in [1.29, 1.82) is 0 Å². The molecule has 1 unspecified atom stereocenters. The van der Waals surface area contributed by atoms with Crippen LogP contribution in [0.4, 0.5) is 5.82 Å². The summed E-state index contributed by atoms with van der Waals surface area (Å²) in [6.07, 6.45) is 3.80. The maximum atomic E-state index is 6.49. The molecular weight excluding hydrogens is 340 g/mol. The highest BCUT2D eigenvalue weighted by Crippen LogP contribution is 2.34. The van der Waals surface area contributed by atoms with Gasteiger partial charge in [0, 0.05) is 24.2 Å². The second kappa shape index (κ2) is 6.67. The second-order valence-electron chi connectivity index (χ2n) is 6.23. The Labute approximate surface area is 150 Å². The molecule has 0 radical (unpaired) electrons. The van der Waals surface area contributed by atoms with E-state index in [0.717, 1.165) is 42.3 Å². The molecule has 1 aromatic carbocycles. The van der Waals surface area contributed by atoms with Crippen LogP contribution in [0.25, 0.3) is 10.2 Å². The van der Waals surface area contributed by atoms with Crippen molar-refractivity contribution in [3.8, 4) is 0 Å². The molecule has 1 saturated heterocycles. The smallest absolute Gasteiger partial charge is 0.150 e. The first kappa shape index (κ1) is 15.8. The third-order valence-corrected chi connectivity index (χ3v) is 5.98. The van der Waals surface area contributed by atoms with E-state index in [9.17, 15) is 0 Å². The van der Waals surface area contributed by atoms with Gasteiger partial charge in [0.1, 0.15) is 12.1 Å². The van der Waals surface area contributed by atoms with Crippen LogP contribution in [0.5, 0.6) is 0 Å². The van der Waals surface area contributed by atoms with Crippen molar-refractivity contribution in [3.05, 3.63) is 52.6 Å². The number of rotatable bonds is 3. The molecule has 24 heavy (non-hydrogen) atoms. The van der Waals surface area contributed by atoms with Crippen molar-refractivity contribution >= 4 is 39.0 Å². The molecule has 6 heteroatoms. The highest BCUT2D eigenvalue weighted by atomic mass is 35.5. The van der Waals surface area contributed by atoms with E-state index < -0.39 is 0 Å². The highest BCUT2D eigenvalue weighted by Gasteiger charge is 2.26. The van der Waals surface area contributed by atoms with Crippen LogP contribution in [0.1, 0.15) is 24.4 Å². The first-order chi connectivity index (χ1) is 11.7. The van der Waals surface area contributed by atoms with Gasteiger partial charge in [-0.15, -0.1) is 11.3 Å². The number of halogens is 1. The number of anilines is 1. The molecule has 1 fully saturated rings. The number of thiophene rings is 1. The Morgan fingerprint density at radius 3 is 2.62 bits per heavy atom. The summed E-state index contributed by atoms with van der Waals surface area (Å²) in [5.74, 6) is 1.55. The molecule has 0 bridgehead atoms. The quantitative estimate of drug-likeness (QED) is 0.760. The van der Waals surface area contributed by atoms with Crippen LogP contribution in [-0.2, 0) is 0 Å². The van der Waals surface area contributed by atoms with Crippen LogP contribution < -0.4 is 10.6 Å². The van der Waals surface area contributed by atoms with Gasteiger partial charge in [0.05, 0.1) is 10.2 Å². The lowest BCUT2D eigenvalue weighted by Crippen LogP contribution is -2.38. The number of aromatic nitrogens is 2. The Morgan fingerprint density at radius 2 is 1.88 bits per heavy atom. The molecule has 1 aliphatic rings. The average Bonchev–Trinajstić information content (AvgIpc) is 3.11. The SMILES string of the molecule is NC(c1ccc(Cl)cc1)C1CCN(c2ncnc3ccsc23)CC1. The molecule has 4 nitrogen and oxygen atoms in total. The van der Waals surface area contributed by atoms with E-state index in [1.54, 1.807) is 17.7 Å². The molecule has 2 N–H and O–H groups in total. The Morgan fingerprint density at radius 1 is 1.12 bits per heavy atom. The summed E-state index contributed by atoms with van der Waals surface area (Å²) in [7, 11) is 0. The first-order valence-electron chi connectivity index (χ1n) is 8.16. The highest BCUT2D eigenvalue weighted by molar-refractivity contribution is 7.17. The predicted octanol–water partition coefficient (Wildman–Crippen LogP) is 4.26. The van der Waals surface area contributed by atoms with E-state index in [1.807, 2.05) is 30.3 Å². The van der Waals surface area contributed by atoms with Crippen LogP contribution in [0.15, 0.2) is 42.0 Å². The molecule has 124 valence electrons. The molecule has 0 spiro atoms. The van der Waals surface area contributed by atoms with Gasteiger partial charge < -0.3 is 10.6 Å². The van der Waals surface area contributed by atoms with E-state index in [0.29, 0.717) is 5.92 Å². The Kier molecular flexibility index (Phi) is 4.39. The molecule has 0 amide bonds. The van der Waals surface area contributed by atoms with Crippen molar-refractivity contribution in [3.63, 3.8) is 0 Å². The van der Waals surface area contributed by atoms with Gasteiger partial charge in [0.15, 0.2) is 0 Å². The standard InChI is InChI=1S/C18H19ClN4S/c19-14-3-1-12(2-4-14)16(20)13-5-8-23(9-6-13)18-17-15(7-10-24-17)21-11-22-18/h1-4,7,10-11,13,16H,5-6,8-9,20H2. The average molecular weight is 359 g/mol. The van der Waals surface area contributed by atoms with Crippen LogP contribution in [0.2, 0.25) is 5.02 Å². The van der Waals surface area contributed by atoms with E-state index in [2.05, 4.69) is 20.2 Å². The number of nitrogens with zero attached hydrogens (tertiary/aromatic N) is 3. The number of hydrogen-bond donors (Lipinski definition) is 1. The normalized spacial score (nSPS) is 17.3. The van der Waals surface area contributed by atoms with Crippen molar-refractivity contribution in [2.75, 3.05) is 18.0 Å². The number of nitrogens with two attached hydrogens (primary N) is 1. The van der Waals surface area contributed by atoms with E-state index in [1.165, 1.54) is 10.3 Å². The van der Waals surface area contributed by atoms with Crippen LogP contribution >= 0.6 is 22.9 Å². The van der Waals surface area contributed by atoms with Crippen LogP contribution in [0, 0.1) is 5.92 Å². The fourth-order valence-electron chi connectivity index (χ4n) is 3.43. The lowest BCUT2D eigenvalue weighted by molar-refractivity contribution is 0.344. The zero-order valence-electron chi connectivity index (χ0n) is 13.2. The third kappa shape index (κ3) is 2.99. The third-order valence-electron chi connectivity index (χ3n) is 4.83. The predicted molar refractivity (Wildman–Crippen MR) is 101 cm³/mol. The summed E-state index contributed by atoms with van der Waals surface area (Å²) in [5, 5.41) is 2.83. The summed E-state index contributed by atoms with van der Waals surface area (Å²) in [5.41, 5.74) is 8.69. The summed E-state index contributed by atoms with van der Waals surface area (Å²) in [6.45, 7) is 1.96. The molecule has 2 aromatic heterocycles. The Bertz CT molecular complexity index is 824. The van der Waals surface area contributed by atoms with Gasteiger partial charge in [0.2, 0.25) is 0 Å². The summed E-state index contributed by atoms with van der Waals surface area (Å²) >= 11 is 7.68. The van der Waals surface area contributed by atoms with Crippen LogP contribution in [-0.4, -0.2) is 23.1 Å². The fourth-order valence-corrected chi connectivity index (χ4v) is 4.42. The molecular formula is C18H19ClN4S. The zero-order chi connectivity index (χ0) is 16.5. The van der Waals surface area contributed by atoms with E-state index in [4.69, 9.17) is 17.3 Å². The minimum atomic E-state index is 0.0663. The fraction of sp³-hybridized carbons (Fsp3) is 0.333. The van der Waals surface area contributed by atoms with Gasteiger partial charge in [-0.3, -0.25) is 0 Å². The minimum absolute atomic E-state index is 0.0663. The van der Waals surface area contributed by atoms with E-state index in [-0.39, 0.29) is 6.04 Å². The number of fused-ring (bicyclic) bond motifs is 1. The maximum absolute atomic E-state index is 6.49. The monoisotopic (exact) mass is 358 g/mol. The van der Waals surface area contributed by atoms with Crippen molar-refractivity contribution in [1.82, 2.24) is 9.97 Å². The zero-order valence-corrected chi connectivity index (χ0v) is 14.8. The van der Waals surface area contributed by atoms with Gasteiger partial charge in [-0.2, -0.15) is 0 Å². The Hall–Kier alpha value is -1.69. The first-order valence-corrected chi connectivity index (χ1v) is 9.42. The summed E-state index contributed by atoms with van der Waals surface area (Å²) in [6, 6.07) is 10.0. The van der Waals surface area contributed by atoms with E-state index >= 15 is 0 Å². The van der Waals surface area contributed by atoms with Crippen molar-refractivity contribution in [2.24, 2.45) is 11.7 Å². The number of piperidine rings is 1. The number of benzene rings is 1. The summed E-state index contributed by atoms with van der Waals surface area (Å²) < 4.78 is 1.18. The van der Waals surface area contributed by atoms with Gasteiger partial charge in [-0.25, -0.2) is 9.97 Å². The van der Waals surface area contributed by atoms with Crippen LogP contribution in [0.3, 0.4) is 0 Å². The van der Waals surface area contributed by atoms with Gasteiger partial charge >= 0.3 is 0 Å². The molecule has 3 aromatic rings. The molecule has 3 heterocycles. The van der Waals surface area contributed by atoms with Gasteiger partial charge in [-0.1, -0.05) is 23.7 Å². The molecule has 0 saturated carbocycles. The molecule has 1 atom stereocenters. The summed E-state index contributed by atoms with van der Waals surface area (Å²) in [4.78, 5) is 11.2. The molecule has 1 aliphatic heterocycles. The van der Waals surface area contributed by atoms with Gasteiger partial charge in [0.25, 0.3) is 0 Å². The lowest BCUT2D eigenvalue weighted by Gasteiger charge is -2.35.